The molecule has 0 radical (unpaired) electrons. The Morgan fingerprint density at radius 3 is 2.40 bits per heavy atom. The van der Waals surface area contributed by atoms with Crippen LogP contribution in [0.4, 0.5) is 5.95 Å². The number of sulfonamides is 1. The minimum atomic E-state index is -3.98. The van der Waals surface area contributed by atoms with Gasteiger partial charge in [0.25, 0.3) is 10.0 Å². The van der Waals surface area contributed by atoms with E-state index in [1.54, 1.807) is 36.8 Å². The number of aromatic nitrogens is 8. The Labute approximate surface area is 250 Å². The number of nitrogens with zero attached hydrogens (tertiary/aromatic N) is 6. The molecule has 12 heteroatoms. The van der Waals surface area contributed by atoms with Gasteiger partial charge in [-0.15, -0.1) is 0 Å². The maximum atomic E-state index is 13.8. The fourth-order valence-electron chi connectivity index (χ4n) is 6.90. The fraction of sp³-hybridized carbons (Fsp3) is 0.484. The van der Waals surface area contributed by atoms with Gasteiger partial charge in [0, 0.05) is 12.1 Å². The SMILES string of the molecule is O=S(=O)(Nc1nc(CC2CCCCC2)c2cn[nH]c2n1)c1cccc(C(CC2CCCCC2)c2ncc3cn[nH]c3n2)c1. The Bertz CT molecular complexity index is 1820. The first kappa shape index (κ1) is 27.9. The lowest BCUT2D eigenvalue weighted by atomic mass is 9.80. The quantitative estimate of drug-likeness (QED) is 0.185. The standard InChI is InChI=1S/C31H37N9O2S/c41-43(42,40-31-35-27(15-21-10-5-2-6-11-21)26-19-34-39-30(26)37-31)24-13-7-12-22(16-24)25(14-20-8-3-1-4-9-20)29-32-17-23-18-33-38-28(23)36-29/h7,12-13,16-21,25H,1-6,8-11,14-15H2,(H,32,33,36,38)(H2,34,35,37,39,40). The first-order valence-corrected chi connectivity index (χ1v) is 17.0. The van der Waals surface area contributed by atoms with Crippen molar-refractivity contribution in [3.63, 3.8) is 0 Å². The van der Waals surface area contributed by atoms with Crippen LogP contribution in [0.5, 0.6) is 0 Å². The van der Waals surface area contributed by atoms with Gasteiger partial charge < -0.3 is 0 Å². The van der Waals surface area contributed by atoms with Crippen LogP contribution in [0.25, 0.3) is 22.1 Å². The molecule has 2 aliphatic carbocycles. The van der Waals surface area contributed by atoms with E-state index >= 15 is 0 Å². The molecule has 0 amide bonds. The van der Waals surface area contributed by atoms with Crippen molar-refractivity contribution in [3.05, 3.63) is 59.9 Å². The van der Waals surface area contributed by atoms with E-state index in [1.807, 2.05) is 6.07 Å². The van der Waals surface area contributed by atoms with E-state index in [9.17, 15) is 8.42 Å². The number of anilines is 1. The van der Waals surface area contributed by atoms with Crippen LogP contribution in [0.1, 0.15) is 93.6 Å². The number of aromatic amines is 2. The van der Waals surface area contributed by atoms with Crippen LogP contribution in [0.15, 0.2) is 47.8 Å². The van der Waals surface area contributed by atoms with Crippen molar-refractivity contribution < 1.29 is 8.42 Å². The van der Waals surface area contributed by atoms with Gasteiger partial charge in [-0.05, 0) is 42.4 Å². The van der Waals surface area contributed by atoms with Gasteiger partial charge in [0.2, 0.25) is 5.95 Å². The topological polar surface area (TPSA) is 155 Å². The van der Waals surface area contributed by atoms with Crippen LogP contribution in [-0.2, 0) is 16.4 Å². The Hall–Kier alpha value is -3.93. The maximum Gasteiger partial charge on any atom is 0.264 e. The molecule has 43 heavy (non-hydrogen) atoms. The Morgan fingerprint density at radius 2 is 1.58 bits per heavy atom. The Balaban J connectivity index is 1.19. The highest BCUT2D eigenvalue weighted by atomic mass is 32.2. The van der Waals surface area contributed by atoms with Gasteiger partial charge in [0.05, 0.1) is 33.8 Å². The smallest absolute Gasteiger partial charge is 0.261 e. The highest BCUT2D eigenvalue weighted by molar-refractivity contribution is 7.92. The first-order valence-electron chi connectivity index (χ1n) is 15.5. The summed E-state index contributed by atoms with van der Waals surface area (Å²) in [6.07, 6.45) is 19.0. The van der Waals surface area contributed by atoms with Crippen molar-refractivity contribution in [3.8, 4) is 0 Å². The molecule has 1 unspecified atom stereocenters. The second-order valence-corrected chi connectivity index (χ2v) is 13.9. The third-order valence-corrected chi connectivity index (χ3v) is 10.5. The lowest BCUT2D eigenvalue weighted by Crippen LogP contribution is -2.18. The molecule has 2 aliphatic rings. The van der Waals surface area contributed by atoms with E-state index in [2.05, 4.69) is 30.1 Å². The van der Waals surface area contributed by atoms with Crippen LogP contribution in [-0.4, -0.2) is 48.7 Å². The summed E-state index contributed by atoms with van der Waals surface area (Å²) >= 11 is 0. The third kappa shape index (κ3) is 6.11. The van der Waals surface area contributed by atoms with Crippen molar-refractivity contribution in [2.45, 2.75) is 87.9 Å². The van der Waals surface area contributed by atoms with Crippen molar-refractivity contribution in [1.82, 2.24) is 40.3 Å². The van der Waals surface area contributed by atoms with E-state index in [0.29, 0.717) is 29.0 Å². The zero-order chi connectivity index (χ0) is 29.2. The molecule has 224 valence electrons. The van der Waals surface area contributed by atoms with Crippen LogP contribution >= 0.6 is 0 Å². The highest BCUT2D eigenvalue weighted by Crippen LogP contribution is 2.37. The molecule has 0 aliphatic heterocycles. The summed E-state index contributed by atoms with van der Waals surface area (Å²) in [6, 6.07) is 7.12. The zero-order valence-electron chi connectivity index (χ0n) is 24.2. The van der Waals surface area contributed by atoms with E-state index in [-0.39, 0.29) is 16.8 Å². The molecule has 1 aromatic carbocycles. The zero-order valence-corrected chi connectivity index (χ0v) is 25.0. The number of benzene rings is 1. The predicted octanol–water partition coefficient (Wildman–Crippen LogP) is 6.05. The summed E-state index contributed by atoms with van der Waals surface area (Å²) in [6.45, 7) is 0. The normalized spacial score (nSPS) is 17.9. The molecule has 7 rings (SSSR count). The second-order valence-electron chi connectivity index (χ2n) is 12.2. The first-order chi connectivity index (χ1) is 21.0. The maximum absolute atomic E-state index is 13.8. The number of rotatable bonds is 9. The molecule has 1 atom stereocenters. The van der Waals surface area contributed by atoms with Gasteiger partial charge in [-0.3, -0.25) is 10.2 Å². The van der Waals surface area contributed by atoms with Gasteiger partial charge in [-0.1, -0.05) is 76.3 Å². The number of nitrogens with one attached hydrogen (secondary N) is 3. The molecule has 0 bridgehead atoms. The predicted molar refractivity (Wildman–Crippen MR) is 164 cm³/mol. The number of hydrogen-bond acceptors (Lipinski definition) is 8. The highest BCUT2D eigenvalue weighted by Gasteiger charge is 2.27. The van der Waals surface area contributed by atoms with E-state index in [4.69, 9.17) is 15.0 Å². The number of fused-ring (bicyclic) bond motifs is 2. The molecular formula is C31H37N9O2S. The summed E-state index contributed by atoms with van der Waals surface area (Å²) < 4.78 is 30.2. The van der Waals surface area contributed by atoms with E-state index < -0.39 is 10.0 Å². The summed E-state index contributed by atoms with van der Waals surface area (Å²) in [7, 11) is -3.98. The molecule has 3 N–H and O–H groups in total. The fourth-order valence-corrected chi connectivity index (χ4v) is 7.90. The largest absolute Gasteiger partial charge is 0.264 e. The van der Waals surface area contributed by atoms with Gasteiger partial charge >= 0.3 is 0 Å². The lowest BCUT2D eigenvalue weighted by molar-refractivity contribution is 0.325. The molecule has 4 aromatic heterocycles. The summed E-state index contributed by atoms with van der Waals surface area (Å²) in [4.78, 5) is 18.8. The summed E-state index contributed by atoms with van der Waals surface area (Å²) in [5, 5.41) is 15.8. The van der Waals surface area contributed by atoms with Gasteiger partial charge in [-0.2, -0.15) is 15.2 Å². The molecule has 2 fully saturated rings. The molecule has 2 saturated carbocycles. The van der Waals surface area contributed by atoms with Gasteiger partial charge in [0.15, 0.2) is 11.3 Å². The molecular weight excluding hydrogens is 562 g/mol. The molecule has 5 aromatic rings. The van der Waals surface area contributed by atoms with Gasteiger partial charge in [0.1, 0.15) is 5.82 Å². The van der Waals surface area contributed by atoms with Gasteiger partial charge in [-0.25, -0.2) is 28.1 Å². The van der Waals surface area contributed by atoms with E-state index in [1.165, 1.54) is 51.4 Å². The van der Waals surface area contributed by atoms with Crippen molar-refractivity contribution in [1.29, 1.82) is 0 Å². The molecule has 0 saturated heterocycles. The van der Waals surface area contributed by atoms with E-state index in [0.717, 1.165) is 47.7 Å². The molecule has 4 heterocycles. The summed E-state index contributed by atoms with van der Waals surface area (Å²) in [5.41, 5.74) is 2.91. The van der Waals surface area contributed by atoms with Crippen molar-refractivity contribution >= 4 is 38.0 Å². The van der Waals surface area contributed by atoms with Crippen LogP contribution < -0.4 is 4.72 Å². The lowest BCUT2D eigenvalue weighted by Gasteiger charge is -2.26. The average Bonchev–Trinajstić information content (AvgIpc) is 3.70. The van der Waals surface area contributed by atoms with Crippen LogP contribution in [0, 0.1) is 11.8 Å². The minimum absolute atomic E-state index is 0.0553. The van der Waals surface area contributed by atoms with Crippen molar-refractivity contribution in [2.24, 2.45) is 11.8 Å². The van der Waals surface area contributed by atoms with Crippen molar-refractivity contribution in [2.75, 3.05) is 4.72 Å². The minimum Gasteiger partial charge on any atom is -0.261 e. The van der Waals surface area contributed by atoms with Crippen LogP contribution in [0.3, 0.4) is 0 Å². The molecule has 11 nitrogen and oxygen atoms in total. The average molecular weight is 600 g/mol. The molecule has 0 spiro atoms. The second kappa shape index (κ2) is 12.0. The number of H-pyrrole nitrogens is 2. The van der Waals surface area contributed by atoms with Crippen LogP contribution in [0.2, 0.25) is 0 Å². The summed E-state index contributed by atoms with van der Waals surface area (Å²) in [5.74, 6) is 1.65. The number of hydrogen-bond donors (Lipinski definition) is 3. The Morgan fingerprint density at radius 1 is 0.837 bits per heavy atom. The monoisotopic (exact) mass is 599 g/mol. The third-order valence-electron chi connectivity index (χ3n) is 9.21. The Kier molecular flexibility index (Phi) is 7.77.